The van der Waals surface area contributed by atoms with Gasteiger partial charge in [0.05, 0.1) is 6.04 Å². The minimum atomic E-state index is -0.287. The summed E-state index contributed by atoms with van der Waals surface area (Å²) < 4.78 is 6.27. The van der Waals surface area contributed by atoms with Crippen LogP contribution in [0.2, 0.25) is 0 Å². The zero-order chi connectivity index (χ0) is 22.5. The Balaban J connectivity index is 1.42. The second kappa shape index (κ2) is 9.92. The van der Waals surface area contributed by atoms with Crippen LogP contribution in [0.5, 0.6) is 5.75 Å². The molecule has 1 aliphatic rings. The van der Waals surface area contributed by atoms with E-state index in [0.29, 0.717) is 13.2 Å². The van der Waals surface area contributed by atoms with Crippen LogP contribution in [0.1, 0.15) is 29.0 Å². The molecule has 1 aromatic heterocycles. The summed E-state index contributed by atoms with van der Waals surface area (Å²) in [6.07, 6.45) is 3.79. The van der Waals surface area contributed by atoms with Crippen molar-refractivity contribution in [1.82, 2.24) is 15.6 Å². The molecule has 0 saturated carbocycles. The van der Waals surface area contributed by atoms with Gasteiger partial charge in [0.1, 0.15) is 12.4 Å². The fourth-order valence-electron chi connectivity index (χ4n) is 4.75. The zero-order valence-electron chi connectivity index (χ0n) is 18.6. The Hall–Kier alpha value is -3.57. The highest BCUT2D eigenvalue weighted by Crippen LogP contribution is 2.34. The Bertz CT molecular complexity index is 1220. The number of hydrogen-bond acceptors (Lipinski definition) is 3. The Morgan fingerprint density at radius 2 is 1.70 bits per heavy atom. The second-order valence-corrected chi connectivity index (χ2v) is 8.54. The number of aromatic nitrogens is 1. The molecule has 3 aromatic carbocycles. The lowest BCUT2D eigenvalue weighted by molar-refractivity contribution is -0.124. The van der Waals surface area contributed by atoms with E-state index in [2.05, 4.69) is 58.2 Å². The minimum Gasteiger partial charge on any atom is -0.489 e. The fraction of sp³-hybridized carbons (Fsp3) is 0.250. The van der Waals surface area contributed by atoms with Gasteiger partial charge in [-0.05, 0) is 41.7 Å². The first-order chi connectivity index (χ1) is 16.3. The Labute approximate surface area is 194 Å². The number of fused-ring (bicyclic) bond motifs is 1. The van der Waals surface area contributed by atoms with Gasteiger partial charge in [0, 0.05) is 36.1 Å². The predicted molar refractivity (Wildman–Crippen MR) is 131 cm³/mol. The minimum absolute atomic E-state index is 0.00839. The normalized spacial score (nSPS) is 17.0. The van der Waals surface area contributed by atoms with Gasteiger partial charge in [0.15, 0.2) is 0 Å². The monoisotopic (exact) mass is 439 g/mol. The van der Waals surface area contributed by atoms with E-state index >= 15 is 0 Å². The van der Waals surface area contributed by atoms with Crippen molar-refractivity contribution >= 4 is 16.8 Å². The van der Waals surface area contributed by atoms with E-state index in [0.717, 1.165) is 41.8 Å². The first kappa shape index (κ1) is 21.3. The lowest BCUT2D eigenvalue weighted by Crippen LogP contribution is -2.55. The molecule has 2 heterocycles. The van der Waals surface area contributed by atoms with E-state index in [1.54, 1.807) is 0 Å². The maximum atomic E-state index is 12.9. The number of piperazine rings is 1. The van der Waals surface area contributed by atoms with Gasteiger partial charge in [-0.25, -0.2) is 0 Å². The van der Waals surface area contributed by atoms with Crippen LogP contribution in [0.4, 0.5) is 0 Å². The lowest BCUT2D eigenvalue weighted by Gasteiger charge is -2.32. The average Bonchev–Trinajstić information content (AvgIpc) is 3.28. The molecular weight excluding hydrogens is 410 g/mol. The van der Waals surface area contributed by atoms with Crippen LogP contribution in [-0.2, 0) is 17.8 Å². The molecule has 0 spiro atoms. The Morgan fingerprint density at radius 3 is 2.58 bits per heavy atom. The highest BCUT2D eigenvalue weighted by atomic mass is 16.5. The van der Waals surface area contributed by atoms with Crippen LogP contribution in [-0.4, -0.2) is 30.0 Å². The standard InChI is InChI=1S/C28H29N3O2/c32-28-27(29-16-17-30-28)24(15-14-21-18-31-25-12-6-4-10-22(21)25)23-11-5-7-13-26(23)33-19-20-8-2-1-3-9-20/h1-13,18,24,27,29,31H,14-17,19H2,(H,30,32)/t24?,27-/m0/s1. The molecular formula is C28H29N3O2. The molecule has 1 saturated heterocycles. The molecule has 0 aliphatic carbocycles. The number of carbonyl (C=O) groups is 1. The second-order valence-electron chi connectivity index (χ2n) is 8.54. The van der Waals surface area contributed by atoms with Crippen molar-refractivity contribution in [3.05, 3.63) is 102 Å². The lowest BCUT2D eigenvalue weighted by atomic mass is 9.84. The molecule has 5 rings (SSSR count). The third-order valence-corrected chi connectivity index (χ3v) is 6.43. The van der Waals surface area contributed by atoms with E-state index in [4.69, 9.17) is 4.74 Å². The molecule has 4 aromatic rings. The van der Waals surface area contributed by atoms with Crippen molar-refractivity contribution in [3.63, 3.8) is 0 Å². The van der Waals surface area contributed by atoms with Gasteiger partial charge in [-0.2, -0.15) is 0 Å². The van der Waals surface area contributed by atoms with Crippen molar-refractivity contribution in [3.8, 4) is 5.75 Å². The van der Waals surface area contributed by atoms with Crippen LogP contribution in [0, 0.1) is 0 Å². The molecule has 5 nitrogen and oxygen atoms in total. The smallest absolute Gasteiger partial charge is 0.237 e. The largest absolute Gasteiger partial charge is 0.489 e. The average molecular weight is 440 g/mol. The number of aromatic amines is 1. The van der Waals surface area contributed by atoms with Crippen LogP contribution < -0.4 is 15.4 Å². The van der Waals surface area contributed by atoms with E-state index < -0.39 is 0 Å². The number of ether oxygens (including phenoxy) is 1. The zero-order valence-corrected chi connectivity index (χ0v) is 18.6. The van der Waals surface area contributed by atoms with Gasteiger partial charge in [-0.1, -0.05) is 66.7 Å². The molecule has 0 bridgehead atoms. The van der Waals surface area contributed by atoms with Crippen LogP contribution in [0.15, 0.2) is 85.1 Å². The van der Waals surface area contributed by atoms with Crippen molar-refractivity contribution in [1.29, 1.82) is 0 Å². The van der Waals surface area contributed by atoms with Gasteiger partial charge >= 0.3 is 0 Å². The summed E-state index contributed by atoms with van der Waals surface area (Å²) in [5.74, 6) is 0.888. The molecule has 1 amide bonds. The molecule has 1 aliphatic heterocycles. The first-order valence-corrected chi connectivity index (χ1v) is 11.6. The van der Waals surface area contributed by atoms with Gasteiger partial charge in [-0.3, -0.25) is 4.79 Å². The summed E-state index contributed by atoms with van der Waals surface area (Å²) in [7, 11) is 0. The summed E-state index contributed by atoms with van der Waals surface area (Å²) in [5, 5.41) is 7.74. The summed E-state index contributed by atoms with van der Waals surface area (Å²) in [5.41, 5.74) is 4.61. The third-order valence-electron chi connectivity index (χ3n) is 6.43. The maximum absolute atomic E-state index is 12.9. The van der Waals surface area contributed by atoms with Gasteiger partial charge < -0.3 is 20.4 Å². The van der Waals surface area contributed by atoms with Gasteiger partial charge in [0.2, 0.25) is 5.91 Å². The number of hydrogen-bond donors (Lipinski definition) is 3. The highest BCUT2D eigenvalue weighted by Gasteiger charge is 2.33. The number of para-hydroxylation sites is 2. The summed E-state index contributed by atoms with van der Waals surface area (Å²) in [4.78, 5) is 16.2. The predicted octanol–water partition coefficient (Wildman–Crippen LogP) is 4.55. The van der Waals surface area contributed by atoms with Crippen molar-refractivity contribution in [2.24, 2.45) is 0 Å². The fourth-order valence-corrected chi connectivity index (χ4v) is 4.75. The number of carbonyl (C=O) groups excluding carboxylic acids is 1. The van der Waals surface area contributed by atoms with E-state index in [1.165, 1.54) is 10.9 Å². The summed E-state index contributed by atoms with van der Waals surface area (Å²) in [6.45, 7) is 1.93. The maximum Gasteiger partial charge on any atom is 0.237 e. The number of aryl methyl sites for hydroxylation is 1. The van der Waals surface area contributed by atoms with Crippen LogP contribution >= 0.6 is 0 Å². The topological polar surface area (TPSA) is 66.2 Å². The number of amides is 1. The molecule has 1 unspecified atom stereocenters. The number of benzene rings is 3. The highest BCUT2D eigenvalue weighted by molar-refractivity contribution is 5.84. The van der Waals surface area contributed by atoms with Crippen molar-refractivity contribution in [2.75, 3.05) is 13.1 Å². The molecule has 33 heavy (non-hydrogen) atoms. The number of H-pyrrole nitrogens is 1. The summed E-state index contributed by atoms with van der Waals surface area (Å²) >= 11 is 0. The first-order valence-electron chi connectivity index (χ1n) is 11.6. The van der Waals surface area contributed by atoms with Crippen LogP contribution in [0.25, 0.3) is 10.9 Å². The summed E-state index contributed by atoms with van der Waals surface area (Å²) in [6, 6.07) is 26.4. The Morgan fingerprint density at radius 1 is 0.909 bits per heavy atom. The number of nitrogens with one attached hydrogen (secondary N) is 3. The molecule has 0 radical (unpaired) electrons. The quantitative estimate of drug-likeness (QED) is 0.377. The third kappa shape index (κ3) is 4.78. The molecule has 3 N–H and O–H groups in total. The molecule has 2 atom stereocenters. The van der Waals surface area contributed by atoms with Crippen LogP contribution in [0.3, 0.4) is 0 Å². The molecule has 168 valence electrons. The van der Waals surface area contributed by atoms with Crippen molar-refractivity contribution < 1.29 is 9.53 Å². The number of rotatable bonds is 8. The van der Waals surface area contributed by atoms with E-state index in [9.17, 15) is 4.79 Å². The molecule has 5 heteroatoms. The van der Waals surface area contributed by atoms with E-state index in [-0.39, 0.29) is 17.9 Å². The van der Waals surface area contributed by atoms with Gasteiger partial charge in [-0.15, -0.1) is 0 Å². The van der Waals surface area contributed by atoms with Crippen molar-refractivity contribution in [2.45, 2.75) is 31.4 Å². The molecule has 1 fully saturated rings. The Kier molecular flexibility index (Phi) is 6.40. The SMILES string of the molecule is O=C1NCCN[C@H]1C(CCc1c[nH]c2ccccc12)c1ccccc1OCc1ccccc1. The van der Waals surface area contributed by atoms with Gasteiger partial charge in [0.25, 0.3) is 0 Å². The van der Waals surface area contributed by atoms with E-state index in [1.807, 2.05) is 42.5 Å².